The summed E-state index contributed by atoms with van der Waals surface area (Å²) in [4.78, 5) is 15.2. The third-order valence-electron chi connectivity index (χ3n) is 7.12. The highest BCUT2D eigenvalue weighted by atomic mass is 32.2. The predicted molar refractivity (Wildman–Crippen MR) is 111 cm³/mol. The Labute approximate surface area is 167 Å². The molecule has 1 amide bonds. The number of hydrogen-bond acceptors (Lipinski definition) is 4. The van der Waals surface area contributed by atoms with Crippen LogP contribution in [0.15, 0.2) is 6.07 Å². The van der Waals surface area contributed by atoms with Crippen molar-refractivity contribution in [2.24, 2.45) is 0 Å². The second-order valence-corrected chi connectivity index (χ2v) is 11.3. The number of aryl methyl sites for hydroxylation is 2. The molecule has 0 aromatic heterocycles. The fourth-order valence-electron chi connectivity index (χ4n) is 5.48. The van der Waals surface area contributed by atoms with E-state index in [4.69, 9.17) is 0 Å². The predicted octanol–water partition coefficient (Wildman–Crippen LogP) is 2.64. The van der Waals surface area contributed by atoms with E-state index in [0.29, 0.717) is 18.9 Å². The van der Waals surface area contributed by atoms with E-state index in [9.17, 15) is 13.2 Å². The van der Waals surface area contributed by atoms with Crippen LogP contribution in [-0.2, 0) is 40.3 Å². The molecule has 3 aliphatic carbocycles. The van der Waals surface area contributed by atoms with Crippen molar-refractivity contribution in [1.82, 2.24) is 4.90 Å². The average molecular weight is 403 g/mol. The Bertz CT molecular complexity index is 865. The summed E-state index contributed by atoms with van der Waals surface area (Å²) in [5.41, 5.74) is 6.16. The Morgan fingerprint density at radius 2 is 1.57 bits per heavy atom. The fraction of sp³-hybridized carbons (Fsp3) is 0.682. The second-order valence-electron chi connectivity index (χ2n) is 9.06. The Kier molecular flexibility index (Phi) is 4.74. The summed E-state index contributed by atoms with van der Waals surface area (Å²) < 4.78 is 25.7. The molecule has 152 valence electrons. The molecule has 0 bridgehead atoms. The van der Waals surface area contributed by atoms with Crippen LogP contribution in [0.1, 0.15) is 60.8 Å². The van der Waals surface area contributed by atoms with Crippen LogP contribution < -0.4 is 5.32 Å². The lowest BCUT2D eigenvalue weighted by atomic mass is 9.98. The number of nitrogens with zero attached hydrogens (tertiary/aromatic N) is 1. The number of hydrogen-bond donors (Lipinski definition) is 1. The molecule has 1 aromatic carbocycles. The quantitative estimate of drug-likeness (QED) is 0.822. The summed E-state index contributed by atoms with van der Waals surface area (Å²) in [5, 5.41) is 2.69. The zero-order valence-electron chi connectivity index (χ0n) is 16.5. The lowest BCUT2D eigenvalue weighted by Gasteiger charge is -2.31. The molecule has 0 unspecified atom stereocenters. The minimum Gasteiger partial charge on any atom is -0.325 e. The lowest BCUT2D eigenvalue weighted by Crippen LogP contribution is -2.42. The average Bonchev–Trinajstić information content (AvgIpc) is 3.22. The number of carbonyl (C=O) groups is 1. The highest BCUT2D eigenvalue weighted by Crippen LogP contribution is 2.38. The van der Waals surface area contributed by atoms with E-state index in [2.05, 4.69) is 16.3 Å². The first-order chi connectivity index (χ1) is 13.5. The first-order valence-corrected chi connectivity index (χ1v) is 12.6. The zero-order chi connectivity index (χ0) is 19.3. The molecule has 4 aliphatic rings. The Balaban J connectivity index is 1.28. The number of fused-ring (bicyclic) bond motifs is 2. The van der Waals surface area contributed by atoms with Crippen molar-refractivity contribution in [3.63, 3.8) is 0 Å². The van der Waals surface area contributed by atoms with Crippen LogP contribution in [0.5, 0.6) is 0 Å². The van der Waals surface area contributed by atoms with Crippen LogP contribution in [0.3, 0.4) is 0 Å². The maximum atomic E-state index is 12.9. The number of benzene rings is 1. The van der Waals surface area contributed by atoms with Gasteiger partial charge in [-0.2, -0.15) is 0 Å². The molecule has 1 aromatic rings. The minimum absolute atomic E-state index is 0.348. The monoisotopic (exact) mass is 402 g/mol. The molecule has 0 radical (unpaired) electrons. The van der Waals surface area contributed by atoms with Gasteiger partial charge in [0.05, 0.1) is 5.25 Å². The second kappa shape index (κ2) is 7.13. The molecule has 1 N–H and O–H groups in total. The van der Waals surface area contributed by atoms with Gasteiger partial charge in [-0.1, -0.05) is 6.07 Å². The van der Waals surface area contributed by atoms with E-state index in [1.165, 1.54) is 35.1 Å². The van der Waals surface area contributed by atoms with Crippen molar-refractivity contribution in [3.05, 3.63) is 28.3 Å². The van der Waals surface area contributed by atoms with Crippen LogP contribution in [0, 0.1) is 0 Å². The smallest absolute Gasteiger partial charge is 0.239 e. The van der Waals surface area contributed by atoms with Gasteiger partial charge in [-0.3, -0.25) is 4.79 Å². The SMILES string of the molecule is O=C(CS(=O)(=O)C1CCN(C2CC2)CC1)Nc1c2c(cc3c1CCC3)CCC2. The standard InChI is InChI=1S/C22H30N2O3S/c25-21(14-28(26,27)18-9-11-24(12-10-18)17-7-8-17)23-22-19-5-1-3-15(19)13-16-4-2-6-20(16)22/h13,17-18H,1-12,14H2,(H,23,25). The molecular formula is C22H30N2O3S. The summed E-state index contributed by atoms with van der Waals surface area (Å²) in [6.45, 7) is 1.71. The van der Waals surface area contributed by atoms with Crippen molar-refractivity contribution in [2.45, 2.75) is 75.5 Å². The lowest BCUT2D eigenvalue weighted by molar-refractivity contribution is -0.113. The molecule has 1 saturated heterocycles. The maximum absolute atomic E-state index is 12.9. The normalized spacial score (nSPS) is 22.9. The number of anilines is 1. The molecule has 5 nitrogen and oxygen atoms in total. The van der Waals surface area contributed by atoms with Gasteiger partial charge in [0.1, 0.15) is 5.75 Å². The summed E-state index contributed by atoms with van der Waals surface area (Å²) in [7, 11) is -3.40. The van der Waals surface area contributed by atoms with Crippen molar-refractivity contribution in [3.8, 4) is 0 Å². The number of amides is 1. The highest BCUT2D eigenvalue weighted by molar-refractivity contribution is 7.92. The summed E-state index contributed by atoms with van der Waals surface area (Å²) in [5.74, 6) is -0.724. The number of likely N-dealkylation sites (tertiary alicyclic amines) is 1. The maximum Gasteiger partial charge on any atom is 0.239 e. The topological polar surface area (TPSA) is 66.5 Å². The van der Waals surface area contributed by atoms with Gasteiger partial charge in [0, 0.05) is 11.7 Å². The number of piperidine rings is 1. The Morgan fingerprint density at radius 3 is 2.14 bits per heavy atom. The van der Waals surface area contributed by atoms with E-state index in [1.54, 1.807) is 0 Å². The fourth-order valence-corrected chi connectivity index (χ4v) is 7.09. The van der Waals surface area contributed by atoms with Gasteiger partial charge in [-0.25, -0.2) is 8.42 Å². The molecule has 1 saturated carbocycles. The van der Waals surface area contributed by atoms with Gasteiger partial charge in [0.25, 0.3) is 0 Å². The van der Waals surface area contributed by atoms with Gasteiger partial charge < -0.3 is 10.2 Å². The molecule has 5 rings (SSSR count). The van der Waals surface area contributed by atoms with Crippen molar-refractivity contribution in [1.29, 1.82) is 0 Å². The van der Waals surface area contributed by atoms with Crippen molar-refractivity contribution >= 4 is 21.4 Å². The molecule has 1 heterocycles. The third kappa shape index (κ3) is 3.50. The minimum atomic E-state index is -3.40. The highest BCUT2D eigenvalue weighted by Gasteiger charge is 2.37. The summed E-state index contributed by atoms with van der Waals surface area (Å²) in [6.07, 6.45) is 10.2. The summed E-state index contributed by atoms with van der Waals surface area (Å²) in [6, 6.07) is 3.01. The van der Waals surface area contributed by atoms with Crippen LogP contribution >= 0.6 is 0 Å². The van der Waals surface area contributed by atoms with Gasteiger partial charge in [-0.05, 0) is 99.6 Å². The van der Waals surface area contributed by atoms with Crippen LogP contribution in [0.25, 0.3) is 0 Å². The third-order valence-corrected chi connectivity index (χ3v) is 9.27. The van der Waals surface area contributed by atoms with Crippen molar-refractivity contribution in [2.75, 3.05) is 24.2 Å². The van der Waals surface area contributed by atoms with Gasteiger partial charge >= 0.3 is 0 Å². The number of rotatable bonds is 5. The molecule has 0 spiro atoms. The number of sulfone groups is 1. The van der Waals surface area contributed by atoms with Gasteiger partial charge in [0.2, 0.25) is 5.91 Å². The molecular weight excluding hydrogens is 372 g/mol. The van der Waals surface area contributed by atoms with Crippen LogP contribution in [0.2, 0.25) is 0 Å². The Morgan fingerprint density at radius 1 is 0.964 bits per heavy atom. The van der Waals surface area contributed by atoms with Crippen LogP contribution in [-0.4, -0.2) is 49.4 Å². The molecule has 0 atom stereocenters. The largest absolute Gasteiger partial charge is 0.325 e. The number of carbonyl (C=O) groups excluding carboxylic acids is 1. The molecule has 1 aliphatic heterocycles. The number of nitrogens with one attached hydrogen (secondary N) is 1. The molecule has 28 heavy (non-hydrogen) atoms. The Hall–Kier alpha value is -1.40. The van der Waals surface area contributed by atoms with Crippen LogP contribution in [0.4, 0.5) is 5.69 Å². The van der Waals surface area contributed by atoms with E-state index in [-0.39, 0.29) is 16.9 Å². The first kappa shape index (κ1) is 18.6. The molecule has 2 fully saturated rings. The van der Waals surface area contributed by atoms with E-state index in [1.807, 2.05) is 0 Å². The molecule has 6 heteroatoms. The van der Waals surface area contributed by atoms with E-state index >= 15 is 0 Å². The van der Waals surface area contributed by atoms with Gasteiger partial charge in [0.15, 0.2) is 9.84 Å². The van der Waals surface area contributed by atoms with Gasteiger partial charge in [-0.15, -0.1) is 0 Å². The zero-order valence-corrected chi connectivity index (χ0v) is 17.3. The van der Waals surface area contributed by atoms with E-state index in [0.717, 1.165) is 57.3 Å². The van der Waals surface area contributed by atoms with Crippen molar-refractivity contribution < 1.29 is 13.2 Å². The van der Waals surface area contributed by atoms with E-state index < -0.39 is 9.84 Å². The first-order valence-electron chi connectivity index (χ1n) is 10.9. The summed E-state index contributed by atoms with van der Waals surface area (Å²) >= 11 is 0.